The van der Waals surface area contributed by atoms with Crippen LogP contribution in [0.25, 0.3) is 5.69 Å². The molecule has 2 N–H and O–H groups in total. The Morgan fingerprint density at radius 3 is 2.92 bits per heavy atom. The van der Waals surface area contributed by atoms with Gasteiger partial charge in [0.25, 0.3) is 0 Å². The first-order valence-electron chi connectivity index (χ1n) is 8.79. The Labute approximate surface area is 147 Å². The fourth-order valence-electron chi connectivity index (χ4n) is 3.33. The molecule has 6 heteroatoms. The number of nitrogens with zero attached hydrogens (tertiary/aromatic N) is 4. The topological polar surface area (TPSA) is 59.7 Å². The number of benzene rings is 1. The van der Waals surface area contributed by atoms with Crippen LogP contribution in [0.5, 0.6) is 0 Å². The molecule has 0 saturated carbocycles. The summed E-state index contributed by atoms with van der Waals surface area (Å²) in [5.74, 6) is 1.68. The van der Waals surface area contributed by atoms with Crippen LogP contribution < -0.4 is 10.6 Å². The van der Waals surface area contributed by atoms with Gasteiger partial charge in [-0.2, -0.15) is 5.10 Å². The minimum atomic E-state index is 0.317. The summed E-state index contributed by atoms with van der Waals surface area (Å²) in [4.78, 5) is 4.09. The smallest absolute Gasteiger partial charge is 0.124 e. The van der Waals surface area contributed by atoms with Crippen molar-refractivity contribution in [2.75, 3.05) is 18.4 Å². The van der Waals surface area contributed by atoms with Crippen molar-refractivity contribution in [3.63, 3.8) is 0 Å². The molecule has 4 rings (SSSR count). The van der Waals surface area contributed by atoms with E-state index in [1.807, 2.05) is 24.0 Å². The van der Waals surface area contributed by atoms with Gasteiger partial charge in [-0.15, -0.1) is 0 Å². The van der Waals surface area contributed by atoms with Gasteiger partial charge in [-0.1, -0.05) is 12.1 Å². The molecule has 130 valence electrons. The second-order valence-electron chi connectivity index (χ2n) is 6.79. The lowest BCUT2D eigenvalue weighted by Crippen LogP contribution is -2.36. The third-order valence-corrected chi connectivity index (χ3v) is 4.81. The van der Waals surface area contributed by atoms with Gasteiger partial charge in [-0.25, -0.2) is 9.67 Å². The molecule has 1 aliphatic rings. The maximum absolute atomic E-state index is 4.54. The maximum Gasteiger partial charge on any atom is 0.124 e. The summed E-state index contributed by atoms with van der Waals surface area (Å²) in [6.07, 6.45) is 5.57. The van der Waals surface area contributed by atoms with Crippen LogP contribution in [0.1, 0.15) is 24.2 Å². The molecule has 0 bridgehead atoms. The lowest BCUT2D eigenvalue weighted by atomic mass is 10.0. The zero-order valence-electron chi connectivity index (χ0n) is 14.7. The lowest BCUT2D eigenvalue weighted by Gasteiger charge is -2.26. The highest BCUT2D eigenvalue weighted by Crippen LogP contribution is 2.20. The summed E-state index contributed by atoms with van der Waals surface area (Å²) in [5, 5.41) is 11.7. The summed E-state index contributed by atoms with van der Waals surface area (Å²) >= 11 is 0. The van der Waals surface area contributed by atoms with Crippen molar-refractivity contribution in [1.82, 2.24) is 24.6 Å². The Kier molecular flexibility index (Phi) is 4.28. The second kappa shape index (κ2) is 6.72. The zero-order chi connectivity index (χ0) is 17.2. The second-order valence-corrected chi connectivity index (χ2v) is 6.79. The summed E-state index contributed by atoms with van der Waals surface area (Å²) in [6.45, 7) is 7.18. The fourth-order valence-corrected chi connectivity index (χ4v) is 3.33. The van der Waals surface area contributed by atoms with Gasteiger partial charge in [0.05, 0.1) is 12.0 Å². The Morgan fingerprint density at radius 1 is 1.32 bits per heavy atom. The maximum atomic E-state index is 4.54. The average Bonchev–Trinajstić information content (AvgIpc) is 3.28. The molecule has 25 heavy (non-hydrogen) atoms. The van der Waals surface area contributed by atoms with E-state index in [2.05, 4.69) is 62.7 Å². The number of imidazole rings is 1. The van der Waals surface area contributed by atoms with Crippen molar-refractivity contribution in [3.05, 3.63) is 60.3 Å². The normalized spacial score (nSPS) is 17.8. The van der Waals surface area contributed by atoms with Crippen LogP contribution in [0.2, 0.25) is 0 Å². The highest BCUT2D eigenvalue weighted by molar-refractivity contribution is 5.38. The number of aromatic nitrogens is 4. The first kappa shape index (κ1) is 15.9. The molecule has 2 atom stereocenters. The Morgan fingerprint density at radius 2 is 2.16 bits per heavy atom. The van der Waals surface area contributed by atoms with E-state index in [0.29, 0.717) is 12.0 Å². The molecule has 1 aliphatic heterocycles. The monoisotopic (exact) mass is 336 g/mol. The third kappa shape index (κ3) is 3.44. The van der Waals surface area contributed by atoms with Crippen LogP contribution in [0.4, 0.5) is 5.82 Å². The van der Waals surface area contributed by atoms with E-state index in [-0.39, 0.29) is 0 Å². The minimum Gasteiger partial charge on any atom is -0.370 e. The van der Waals surface area contributed by atoms with Gasteiger partial charge in [-0.3, -0.25) is 0 Å². The Balaban J connectivity index is 1.34. The molecule has 0 spiro atoms. The van der Waals surface area contributed by atoms with Crippen LogP contribution in [-0.4, -0.2) is 32.4 Å². The standard InChI is InChI=1S/C19H24N6/c1-14-9-19-22-11-16(12-25(19)23-14)10-21-15(2)17-3-5-18(6-4-17)24-8-7-20-13-24/h3-9,13,15-16,21-22H,10-12H2,1-2H3/t15-,16-/m1/s1. The lowest BCUT2D eigenvalue weighted by molar-refractivity contribution is 0.375. The van der Waals surface area contributed by atoms with E-state index in [1.165, 1.54) is 5.56 Å². The van der Waals surface area contributed by atoms with Crippen molar-refractivity contribution < 1.29 is 0 Å². The third-order valence-electron chi connectivity index (χ3n) is 4.81. The number of fused-ring (bicyclic) bond motifs is 1. The Bertz CT molecular complexity index is 818. The molecule has 0 saturated heterocycles. The van der Waals surface area contributed by atoms with Crippen molar-refractivity contribution in [2.24, 2.45) is 5.92 Å². The molecule has 0 amide bonds. The zero-order valence-corrected chi connectivity index (χ0v) is 14.7. The van der Waals surface area contributed by atoms with Crippen molar-refractivity contribution in [2.45, 2.75) is 26.4 Å². The van der Waals surface area contributed by atoms with E-state index < -0.39 is 0 Å². The van der Waals surface area contributed by atoms with E-state index in [4.69, 9.17) is 0 Å². The van der Waals surface area contributed by atoms with Gasteiger partial charge in [0.1, 0.15) is 5.82 Å². The molecular formula is C19H24N6. The van der Waals surface area contributed by atoms with Crippen LogP contribution >= 0.6 is 0 Å². The molecule has 1 aromatic carbocycles. The molecule has 0 radical (unpaired) electrons. The van der Waals surface area contributed by atoms with Crippen LogP contribution in [0.15, 0.2) is 49.1 Å². The molecule has 0 fully saturated rings. The van der Waals surface area contributed by atoms with Crippen LogP contribution in [0.3, 0.4) is 0 Å². The van der Waals surface area contributed by atoms with E-state index in [9.17, 15) is 0 Å². The summed E-state index contributed by atoms with van der Waals surface area (Å²) in [6, 6.07) is 11.1. The number of anilines is 1. The number of hydrogen-bond acceptors (Lipinski definition) is 4. The minimum absolute atomic E-state index is 0.317. The largest absolute Gasteiger partial charge is 0.370 e. The molecule has 0 unspecified atom stereocenters. The molecule has 2 aromatic heterocycles. The number of aryl methyl sites for hydroxylation is 1. The quantitative estimate of drug-likeness (QED) is 0.752. The molecule has 3 aromatic rings. The first-order chi connectivity index (χ1) is 12.2. The van der Waals surface area contributed by atoms with Crippen molar-refractivity contribution in [3.8, 4) is 5.69 Å². The predicted octanol–water partition coefficient (Wildman–Crippen LogP) is 2.77. The van der Waals surface area contributed by atoms with Crippen molar-refractivity contribution in [1.29, 1.82) is 0 Å². The number of nitrogens with one attached hydrogen (secondary N) is 2. The number of rotatable bonds is 5. The molecule has 3 heterocycles. The van der Waals surface area contributed by atoms with E-state index in [0.717, 1.165) is 36.8 Å². The van der Waals surface area contributed by atoms with E-state index >= 15 is 0 Å². The molecule has 6 nitrogen and oxygen atoms in total. The summed E-state index contributed by atoms with van der Waals surface area (Å²) < 4.78 is 4.09. The van der Waals surface area contributed by atoms with Crippen LogP contribution in [0, 0.1) is 12.8 Å². The van der Waals surface area contributed by atoms with Gasteiger partial charge in [0, 0.05) is 55.7 Å². The van der Waals surface area contributed by atoms with Gasteiger partial charge in [0.15, 0.2) is 0 Å². The molecule has 0 aliphatic carbocycles. The fraction of sp³-hybridized carbons (Fsp3) is 0.368. The number of hydrogen-bond donors (Lipinski definition) is 2. The highest BCUT2D eigenvalue weighted by Gasteiger charge is 2.19. The van der Waals surface area contributed by atoms with Gasteiger partial charge >= 0.3 is 0 Å². The van der Waals surface area contributed by atoms with Gasteiger partial charge in [-0.05, 0) is 31.5 Å². The van der Waals surface area contributed by atoms with E-state index in [1.54, 1.807) is 6.20 Å². The summed E-state index contributed by atoms with van der Waals surface area (Å²) in [7, 11) is 0. The van der Waals surface area contributed by atoms with Crippen LogP contribution in [-0.2, 0) is 6.54 Å². The highest BCUT2D eigenvalue weighted by atomic mass is 15.3. The first-order valence-corrected chi connectivity index (χ1v) is 8.79. The SMILES string of the molecule is Cc1cc2n(n1)C[C@H](CN[C@H](C)c1ccc(-n3ccnc3)cc1)CN2. The van der Waals surface area contributed by atoms with Crippen molar-refractivity contribution >= 4 is 5.82 Å². The van der Waals surface area contributed by atoms with Gasteiger partial charge in [0.2, 0.25) is 0 Å². The van der Waals surface area contributed by atoms with Gasteiger partial charge < -0.3 is 15.2 Å². The summed E-state index contributed by atoms with van der Waals surface area (Å²) in [5.41, 5.74) is 3.50. The Hall–Kier alpha value is -2.60. The molecular weight excluding hydrogens is 312 g/mol. The predicted molar refractivity (Wildman–Crippen MR) is 98.9 cm³/mol. The average molecular weight is 336 g/mol.